The molecule has 8 heteroatoms. The number of nitrogens with zero attached hydrogens (tertiary/aromatic N) is 2. The van der Waals surface area contributed by atoms with Gasteiger partial charge in [0.2, 0.25) is 11.8 Å². The van der Waals surface area contributed by atoms with Gasteiger partial charge in [0.05, 0.1) is 28.0 Å². The van der Waals surface area contributed by atoms with Crippen molar-refractivity contribution >= 4 is 57.2 Å². The Morgan fingerprint density at radius 1 is 0.875 bits per heavy atom. The second-order valence-electron chi connectivity index (χ2n) is 10.2. The predicted molar refractivity (Wildman–Crippen MR) is 157 cm³/mol. The van der Waals surface area contributed by atoms with Crippen molar-refractivity contribution in [1.82, 2.24) is 5.43 Å². The molecule has 0 unspecified atom stereocenters. The van der Waals surface area contributed by atoms with E-state index in [0.717, 1.165) is 26.7 Å². The monoisotopic (exact) mass is 609 g/mol. The smallest absolute Gasteiger partial charge is 0.271 e. The van der Waals surface area contributed by atoms with Crippen LogP contribution in [0.4, 0.5) is 5.69 Å². The van der Waals surface area contributed by atoms with Gasteiger partial charge in [-0.2, -0.15) is 5.10 Å². The molecule has 0 aromatic heterocycles. The van der Waals surface area contributed by atoms with Crippen LogP contribution in [0.25, 0.3) is 0 Å². The summed E-state index contributed by atoms with van der Waals surface area (Å²) < 4.78 is 0.772. The zero-order chi connectivity index (χ0) is 27.6. The summed E-state index contributed by atoms with van der Waals surface area (Å²) >= 11 is 9.89. The summed E-state index contributed by atoms with van der Waals surface area (Å²) in [6, 6.07) is 29.7. The highest BCUT2D eigenvalue weighted by Crippen LogP contribution is 2.63. The highest BCUT2D eigenvalue weighted by molar-refractivity contribution is 9.10. The lowest BCUT2D eigenvalue weighted by molar-refractivity contribution is -0.122. The fourth-order valence-electron chi connectivity index (χ4n) is 6.81. The number of para-hydroxylation sites is 1. The number of hydrazone groups is 1. The molecule has 8 rings (SSSR count). The van der Waals surface area contributed by atoms with Gasteiger partial charge in [0.15, 0.2) is 0 Å². The topological polar surface area (TPSA) is 78.8 Å². The summed E-state index contributed by atoms with van der Waals surface area (Å²) in [4.78, 5) is 42.7. The molecule has 1 N–H and O–H groups in total. The van der Waals surface area contributed by atoms with Gasteiger partial charge in [0, 0.05) is 22.2 Å². The predicted octanol–water partition coefficient (Wildman–Crippen LogP) is 6.07. The van der Waals surface area contributed by atoms with Crippen molar-refractivity contribution in [3.05, 3.63) is 134 Å². The van der Waals surface area contributed by atoms with Crippen molar-refractivity contribution in [3.8, 4) is 0 Å². The summed E-state index contributed by atoms with van der Waals surface area (Å²) in [5.41, 5.74) is 6.15. The van der Waals surface area contributed by atoms with Gasteiger partial charge >= 0.3 is 0 Å². The SMILES string of the molecule is O=C(N/N=C\C12c3ccccc3C(c3ccccc31)[C@@H]1C(=O)N(c3ccccc3Cl)C(=O)[C@H]12)c1cccc(Br)c1. The van der Waals surface area contributed by atoms with E-state index in [0.29, 0.717) is 16.3 Å². The average molecular weight is 611 g/mol. The molecular formula is C32H21BrClN3O3. The van der Waals surface area contributed by atoms with Gasteiger partial charge < -0.3 is 0 Å². The van der Waals surface area contributed by atoms with E-state index >= 15 is 0 Å². The maximum absolute atomic E-state index is 14.4. The zero-order valence-corrected chi connectivity index (χ0v) is 23.3. The Balaban J connectivity index is 1.41. The Labute approximate surface area is 243 Å². The number of nitrogens with one attached hydrogen (secondary N) is 1. The third kappa shape index (κ3) is 3.41. The zero-order valence-electron chi connectivity index (χ0n) is 20.9. The van der Waals surface area contributed by atoms with Crippen LogP contribution in [0.15, 0.2) is 107 Å². The molecule has 196 valence electrons. The minimum atomic E-state index is -1.08. The number of carbonyl (C=O) groups is 3. The number of rotatable bonds is 4. The second kappa shape index (κ2) is 9.25. The van der Waals surface area contributed by atoms with Crippen LogP contribution in [0, 0.1) is 11.8 Å². The van der Waals surface area contributed by atoms with Crippen molar-refractivity contribution in [1.29, 1.82) is 0 Å². The Kier molecular flexibility index (Phi) is 5.77. The van der Waals surface area contributed by atoms with E-state index in [1.54, 1.807) is 48.7 Å². The van der Waals surface area contributed by atoms with Crippen molar-refractivity contribution in [2.45, 2.75) is 11.3 Å². The highest BCUT2D eigenvalue weighted by Gasteiger charge is 2.68. The first-order valence-electron chi connectivity index (χ1n) is 12.8. The average Bonchev–Trinajstić information content (AvgIpc) is 3.24. The first-order valence-corrected chi connectivity index (χ1v) is 14.0. The summed E-state index contributed by atoms with van der Waals surface area (Å²) in [7, 11) is 0. The van der Waals surface area contributed by atoms with Gasteiger partial charge in [-0.3, -0.25) is 14.4 Å². The third-order valence-corrected chi connectivity index (χ3v) is 9.11. The molecule has 0 radical (unpaired) electrons. The first-order chi connectivity index (χ1) is 19.4. The highest BCUT2D eigenvalue weighted by atomic mass is 79.9. The van der Waals surface area contributed by atoms with Crippen LogP contribution < -0.4 is 10.3 Å². The quantitative estimate of drug-likeness (QED) is 0.173. The maximum Gasteiger partial charge on any atom is 0.271 e. The molecule has 4 aromatic rings. The van der Waals surface area contributed by atoms with Gasteiger partial charge in [0.1, 0.15) is 0 Å². The Morgan fingerprint density at radius 2 is 1.52 bits per heavy atom. The lowest BCUT2D eigenvalue weighted by Gasteiger charge is -2.52. The van der Waals surface area contributed by atoms with Crippen LogP contribution in [0.1, 0.15) is 38.5 Å². The van der Waals surface area contributed by atoms with Gasteiger partial charge in [-0.05, 0) is 52.6 Å². The Bertz CT molecular complexity index is 1720. The molecule has 1 saturated heterocycles. The summed E-state index contributed by atoms with van der Waals surface area (Å²) in [6.07, 6.45) is 1.65. The largest absolute Gasteiger partial charge is 0.274 e. The third-order valence-electron chi connectivity index (χ3n) is 8.30. The molecule has 4 aliphatic rings. The number of carbonyl (C=O) groups excluding carboxylic acids is 3. The fourth-order valence-corrected chi connectivity index (χ4v) is 7.43. The van der Waals surface area contributed by atoms with Crippen molar-refractivity contribution in [3.63, 3.8) is 0 Å². The maximum atomic E-state index is 14.4. The number of imide groups is 1. The van der Waals surface area contributed by atoms with E-state index in [2.05, 4.69) is 26.5 Å². The van der Waals surface area contributed by atoms with E-state index in [1.807, 2.05) is 54.6 Å². The van der Waals surface area contributed by atoms with Crippen LogP contribution in [-0.4, -0.2) is 23.9 Å². The molecule has 4 aromatic carbocycles. The van der Waals surface area contributed by atoms with Crippen LogP contribution >= 0.6 is 27.5 Å². The normalized spacial score (nSPS) is 24.1. The number of benzene rings is 4. The number of hydrogen-bond acceptors (Lipinski definition) is 4. The lowest BCUT2D eigenvalue weighted by Crippen LogP contribution is -2.54. The molecule has 3 amide bonds. The molecular weight excluding hydrogens is 590 g/mol. The number of halogens is 2. The minimum absolute atomic E-state index is 0.284. The molecule has 1 heterocycles. The minimum Gasteiger partial charge on any atom is -0.274 e. The molecule has 0 spiro atoms. The lowest BCUT2D eigenvalue weighted by atomic mass is 9.47. The second-order valence-corrected chi connectivity index (χ2v) is 11.5. The molecule has 1 fully saturated rings. The van der Waals surface area contributed by atoms with Crippen LogP contribution in [-0.2, 0) is 15.0 Å². The molecule has 2 bridgehead atoms. The van der Waals surface area contributed by atoms with E-state index in [1.165, 1.54) is 4.90 Å². The van der Waals surface area contributed by atoms with E-state index < -0.39 is 17.3 Å². The number of amides is 3. The Morgan fingerprint density at radius 3 is 2.20 bits per heavy atom. The standard InChI is InChI=1S/C32H21BrClN3O3/c33-19-9-7-8-18(16-19)29(38)36-35-17-32-22-12-3-1-10-20(22)26(21-11-2-4-13-23(21)32)27-28(32)31(40)37(30(27)39)25-15-6-5-14-24(25)34/h1-17,26-28H,(H,36,38)/b35-17-/t26?,27-,28-,32?/m0/s1. The van der Waals surface area contributed by atoms with Crippen molar-refractivity contribution in [2.24, 2.45) is 16.9 Å². The summed E-state index contributed by atoms with van der Waals surface area (Å²) in [6.45, 7) is 0. The fraction of sp³-hybridized carbons (Fsp3) is 0.125. The number of hydrogen-bond donors (Lipinski definition) is 1. The van der Waals surface area contributed by atoms with Crippen molar-refractivity contribution in [2.75, 3.05) is 4.90 Å². The van der Waals surface area contributed by atoms with E-state index in [-0.39, 0.29) is 23.6 Å². The van der Waals surface area contributed by atoms with Gasteiger partial charge in [0.25, 0.3) is 5.91 Å². The summed E-state index contributed by atoms with van der Waals surface area (Å²) in [5, 5.41) is 4.78. The molecule has 3 aliphatic carbocycles. The van der Waals surface area contributed by atoms with E-state index in [9.17, 15) is 14.4 Å². The van der Waals surface area contributed by atoms with Gasteiger partial charge in [-0.15, -0.1) is 0 Å². The summed E-state index contributed by atoms with van der Waals surface area (Å²) in [5.74, 6) is -2.72. The number of anilines is 1. The van der Waals surface area contributed by atoms with E-state index in [4.69, 9.17) is 11.6 Å². The van der Waals surface area contributed by atoms with Gasteiger partial charge in [-0.25, -0.2) is 10.3 Å². The molecule has 1 aliphatic heterocycles. The van der Waals surface area contributed by atoms with Crippen LogP contribution in [0.5, 0.6) is 0 Å². The molecule has 40 heavy (non-hydrogen) atoms. The Hall–Kier alpha value is -4.07. The molecule has 0 saturated carbocycles. The van der Waals surface area contributed by atoms with Gasteiger partial charge in [-0.1, -0.05) is 94.3 Å². The van der Waals surface area contributed by atoms with Crippen molar-refractivity contribution < 1.29 is 14.4 Å². The first kappa shape index (κ1) is 24.9. The molecule has 2 atom stereocenters. The van der Waals surface area contributed by atoms with Crippen LogP contribution in [0.2, 0.25) is 5.02 Å². The molecule has 6 nitrogen and oxygen atoms in total. The van der Waals surface area contributed by atoms with Crippen LogP contribution in [0.3, 0.4) is 0 Å².